The Balaban J connectivity index is 2.59. The third-order valence-electron chi connectivity index (χ3n) is 2.88. The van der Waals surface area contributed by atoms with Crippen LogP contribution in [0.25, 0.3) is 0 Å². The monoisotopic (exact) mass is 228 g/mol. The van der Waals surface area contributed by atoms with Crippen LogP contribution in [-0.2, 0) is 0 Å². The standard InChI is InChI=1S/C11H13FO2S/c1-15-9-3-2-7(12)10-6(5-13)4-8(14)11(9)10/h2-3,6,8,13-14H,4-5H2,1H3/t6-,8-/m0/s1. The van der Waals surface area contributed by atoms with E-state index in [9.17, 15) is 9.50 Å². The Morgan fingerprint density at radius 3 is 2.80 bits per heavy atom. The molecular formula is C11H13FO2S. The second-order valence-electron chi connectivity index (χ2n) is 3.71. The third kappa shape index (κ3) is 1.67. The summed E-state index contributed by atoms with van der Waals surface area (Å²) in [6.45, 7) is -0.112. The van der Waals surface area contributed by atoms with Crippen LogP contribution >= 0.6 is 11.8 Å². The first kappa shape index (κ1) is 10.9. The number of thioether (sulfide) groups is 1. The van der Waals surface area contributed by atoms with Gasteiger partial charge < -0.3 is 10.2 Å². The molecule has 15 heavy (non-hydrogen) atoms. The van der Waals surface area contributed by atoms with Crippen molar-refractivity contribution in [3.05, 3.63) is 29.1 Å². The number of aliphatic hydroxyl groups excluding tert-OH is 2. The number of halogens is 1. The van der Waals surface area contributed by atoms with Crippen molar-refractivity contribution in [2.75, 3.05) is 12.9 Å². The summed E-state index contributed by atoms with van der Waals surface area (Å²) in [5.41, 5.74) is 1.17. The Morgan fingerprint density at radius 1 is 1.47 bits per heavy atom. The van der Waals surface area contributed by atoms with Crippen molar-refractivity contribution in [3.8, 4) is 0 Å². The van der Waals surface area contributed by atoms with Gasteiger partial charge in [0.05, 0.1) is 12.7 Å². The van der Waals surface area contributed by atoms with Crippen LogP contribution in [-0.4, -0.2) is 23.1 Å². The first-order chi connectivity index (χ1) is 7.19. The summed E-state index contributed by atoms with van der Waals surface area (Å²) in [7, 11) is 0. The number of hydrogen-bond donors (Lipinski definition) is 2. The minimum absolute atomic E-state index is 0.112. The molecule has 0 radical (unpaired) electrons. The Morgan fingerprint density at radius 2 is 2.20 bits per heavy atom. The van der Waals surface area contributed by atoms with Gasteiger partial charge in [-0.25, -0.2) is 4.39 Å². The molecule has 0 bridgehead atoms. The second-order valence-corrected chi connectivity index (χ2v) is 4.56. The number of rotatable bonds is 2. The van der Waals surface area contributed by atoms with Gasteiger partial charge in [0.25, 0.3) is 0 Å². The zero-order valence-electron chi connectivity index (χ0n) is 8.40. The molecule has 1 aromatic rings. The molecule has 0 saturated heterocycles. The number of benzene rings is 1. The maximum atomic E-state index is 13.6. The van der Waals surface area contributed by atoms with E-state index in [4.69, 9.17) is 5.11 Å². The average Bonchev–Trinajstić information content (AvgIpc) is 2.58. The first-order valence-electron chi connectivity index (χ1n) is 4.84. The van der Waals surface area contributed by atoms with Crippen LogP contribution < -0.4 is 0 Å². The van der Waals surface area contributed by atoms with Crippen molar-refractivity contribution < 1.29 is 14.6 Å². The normalized spacial score (nSPS) is 24.3. The van der Waals surface area contributed by atoms with Crippen molar-refractivity contribution in [3.63, 3.8) is 0 Å². The van der Waals surface area contributed by atoms with Crippen molar-refractivity contribution in [2.45, 2.75) is 23.3 Å². The molecule has 0 heterocycles. The molecule has 0 saturated carbocycles. The van der Waals surface area contributed by atoms with E-state index in [0.717, 1.165) is 4.90 Å². The molecule has 4 heteroatoms. The van der Waals surface area contributed by atoms with Crippen molar-refractivity contribution in [2.24, 2.45) is 0 Å². The minimum Gasteiger partial charge on any atom is -0.396 e. The van der Waals surface area contributed by atoms with Crippen molar-refractivity contribution in [1.29, 1.82) is 0 Å². The van der Waals surface area contributed by atoms with E-state index in [1.165, 1.54) is 17.8 Å². The van der Waals surface area contributed by atoms with Gasteiger partial charge in [0.15, 0.2) is 0 Å². The highest BCUT2D eigenvalue weighted by Gasteiger charge is 2.33. The highest BCUT2D eigenvalue weighted by molar-refractivity contribution is 7.98. The summed E-state index contributed by atoms with van der Waals surface area (Å²) in [6, 6.07) is 3.09. The molecule has 0 aliphatic heterocycles. The van der Waals surface area contributed by atoms with Gasteiger partial charge in [0.2, 0.25) is 0 Å². The highest BCUT2D eigenvalue weighted by Crippen LogP contribution is 2.45. The van der Waals surface area contributed by atoms with Gasteiger partial charge >= 0.3 is 0 Å². The van der Waals surface area contributed by atoms with E-state index < -0.39 is 6.10 Å². The summed E-state index contributed by atoms with van der Waals surface area (Å²) >= 11 is 1.49. The number of fused-ring (bicyclic) bond motifs is 1. The molecule has 1 aromatic carbocycles. The van der Waals surface area contributed by atoms with E-state index in [1.54, 1.807) is 6.07 Å². The van der Waals surface area contributed by atoms with Gasteiger partial charge in [-0.05, 0) is 24.8 Å². The molecule has 1 aliphatic carbocycles. The fourth-order valence-corrected chi connectivity index (χ4v) is 2.87. The number of aliphatic hydroxyl groups is 2. The topological polar surface area (TPSA) is 40.5 Å². The first-order valence-corrected chi connectivity index (χ1v) is 6.06. The lowest BCUT2D eigenvalue weighted by Crippen LogP contribution is -2.02. The Labute approximate surface area is 92.1 Å². The Bertz CT molecular complexity index is 381. The maximum Gasteiger partial charge on any atom is 0.127 e. The summed E-state index contributed by atoms with van der Waals surface area (Å²) in [4.78, 5) is 0.898. The molecule has 82 valence electrons. The van der Waals surface area contributed by atoms with Crippen LogP contribution in [0.3, 0.4) is 0 Å². The molecular weight excluding hydrogens is 215 g/mol. The molecule has 2 atom stereocenters. The van der Waals surface area contributed by atoms with Crippen LogP contribution in [0.1, 0.15) is 29.6 Å². The molecule has 2 nitrogen and oxygen atoms in total. The van der Waals surface area contributed by atoms with E-state index in [1.807, 2.05) is 6.26 Å². The lowest BCUT2D eigenvalue weighted by molar-refractivity contribution is 0.156. The molecule has 0 fully saturated rings. The SMILES string of the molecule is CSc1ccc(F)c2c1[C@@H](O)C[C@H]2CO. The van der Waals surface area contributed by atoms with Gasteiger partial charge in [0.1, 0.15) is 5.82 Å². The zero-order chi connectivity index (χ0) is 11.0. The second kappa shape index (κ2) is 4.12. The van der Waals surface area contributed by atoms with Gasteiger partial charge in [-0.3, -0.25) is 0 Å². The van der Waals surface area contributed by atoms with Crippen LogP contribution in [0.5, 0.6) is 0 Å². The molecule has 0 amide bonds. The largest absolute Gasteiger partial charge is 0.396 e. The van der Waals surface area contributed by atoms with Gasteiger partial charge in [0, 0.05) is 21.9 Å². The van der Waals surface area contributed by atoms with Gasteiger partial charge in [-0.1, -0.05) is 0 Å². The predicted octanol–water partition coefficient (Wildman–Crippen LogP) is 2.06. The summed E-state index contributed by atoms with van der Waals surface area (Å²) in [5, 5.41) is 19.0. The highest BCUT2D eigenvalue weighted by atomic mass is 32.2. The van der Waals surface area contributed by atoms with Crippen LogP contribution in [0.2, 0.25) is 0 Å². The van der Waals surface area contributed by atoms with Crippen molar-refractivity contribution in [1.82, 2.24) is 0 Å². The number of hydrogen-bond acceptors (Lipinski definition) is 3. The maximum absolute atomic E-state index is 13.6. The quantitative estimate of drug-likeness (QED) is 0.761. The smallest absolute Gasteiger partial charge is 0.127 e. The van der Waals surface area contributed by atoms with Crippen LogP contribution in [0.4, 0.5) is 4.39 Å². The van der Waals surface area contributed by atoms with E-state index >= 15 is 0 Å². The minimum atomic E-state index is -0.643. The summed E-state index contributed by atoms with van der Waals surface area (Å²) in [6.07, 6.45) is 1.67. The van der Waals surface area contributed by atoms with Crippen molar-refractivity contribution >= 4 is 11.8 Å². The van der Waals surface area contributed by atoms with E-state index in [0.29, 0.717) is 17.5 Å². The third-order valence-corrected chi connectivity index (χ3v) is 3.68. The summed E-state index contributed by atoms with van der Waals surface area (Å²) in [5.74, 6) is -0.583. The Hall–Kier alpha value is -0.580. The Kier molecular flexibility index (Phi) is 3.00. The van der Waals surface area contributed by atoms with Crippen LogP contribution in [0.15, 0.2) is 17.0 Å². The lowest BCUT2D eigenvalue weighted by Gasteiger charge is -2.11. The zero-order valence-corrected chi connectivity index (χ0v) is 9.22. The van der Waals surface area contributed by atoms with Gasteiger partial charge in [-0.15, -0.1) is 11.8 Å². The van der Waals surface area contributed by atoms with Gasteiger partial charge in [-0.2, -0.15) is 0 Å². The van der Waals surface area contributed by atoms with E-state index in [2.05, 4.69) is 0 Å². The molecule has 0 aromatic heterocycles. The fourth-order valence-electron chi connectivity index (χ4n) is 2.20. The molecule has 1 aliphatic rings. The predicted molar refractivity (Wildman–Crippen MR) is 57.6 cm³/mol. The van der Waals surface area contributed by atoms with E-state index in [-0.39, 0.29) is 18.3 Å². The molecule has 2 N–H and O–H groups in total. The lowest BCUT2D eigenvalue weighted by atomic mass is 10.0. The van der Waals surface area contributed by atoms with Crippen LogP contribution in [0, 0.1) is 5.82 Å². The average molecular weight is 228 g/mol. The molecule has 2 rings (SSSR count). The molecule has 0 unspecified atom stereocenters. The summed E-state index contributed by atoms with van der Waals surface area (Å²) < 4.78 is 13.6. The molecule has 0 spiro atoms. The fraction of sp³-hybridized carbons (Fsp3) is 0.455.